The maximum absolute atomic E-state index is 12.9. The highest BCUT2D eigenvalue weighted by Crippen LogP contribution is 2.35. The van der Waals surface area contributed by atoms with Crippen molar-refractivity contribution in [1.29, 1.82) is 0 Å². The molecule has 188 valence electrons. The standard InChI is InChI=1S/C31H36N2O3/c1-21(28-11-5-7-23-6-2-3-10-29(23)28)32-27-9-4-8-26(20-27)22-12-14-24(15-13-22)30(34)33-18-16-25(17-19-33)31(35)36/h2-3,5-7,10-15,21,25-27,32H,4,8-9,16-20H2,1H3,(H,35,36)/t21-,26?,27?/m1/s1. The molecule has 0 bridgehead atoms. The summed E-state index contributed by atoms with van der Waals surface area (Å²) in [6.45, 7) is 3.30. The van der Waals surface area contributed by atoms with Crippen LogP contribution in [0.15, 0.2) is 66.7 Å². The van der Waals surface area contributed by atoms with Crippen LogP contribution in [0.1, 0.15) is 78.9 Å². The summed E-state index contributed by atoms with van der Waals surface area (Å²) < 4.78 is 0. The van der Waals surface area contributed by atoms with Gasteiger partial charge in [0.05, 0.1) is 5.92 Å². The molecule has 0 radical (unpaired) electrons. The van der Waals surface area contributed by atoms with E-state index < -0.39 is 5.97 Å². The van der Waals surface area contributed by atoms with Gasteiger partial charge in [-0.25, -0.2) is 0 Å². The predicted octanol–water partition coefficient (Wildman–Crippen LogP) is 6.15. The van der Waals surface area contributed by atoms with E-state index in [2.05, 4.69) is 66.8 Å². The lowest BCUT2D eigenvalue weighted by Gasteiger charge is -2.33. The molecule has 2 fully saturated rings. The monoisotopic (exact) mass is 484 g/mol. The second-order valence-corrected chi connectivity index (χ2v) is 10.5. The molecule has 2 aliphatic rings. The van der Waals surface area contributed by atoms with Crippen molar-refractivity contribution >= 4 is 22.6 Å². The zero-order chi connectivity index (χ0) is 25.1. The number of benzene rings is 3. The van der Waals surface area contributed by atoms with Gasteiger partial charge in [0.2, 0.25) is 0 Å². The molecule has 1 saturated heterocycles. The van der Waals surface area contributed by atoms with Gasteiger partial charge in [0.1, 0.15) is 0 Å². The van der Waals surface area contributed by atoms with Crippen molar-refractivity contribution in [2.75, 3.05) is 13.1 Å². The third-order valence-corrected chi connectivity index (χ3v) is 8.21. The molecule has 3 aromatic rings. The smallest absolute Gasteiger partial charge is 0.306 e. The molecule has 0 spiro atoms. The van der Waals surface area contributed by atoms with E-state index in [-0.39, 0.29) is 17.9 Å². The van der Waals surface area contributed by atoms with Crippen LogP contribution in [0.2, 0.25) is 0 Å². The quantitative estimate of drug-likeness (QED) is 0.440. The average Bonchev–Trinajstić information content (AvgIpc) is 2.92. The Morgan fingerprint density at radius 3 is 2.39 bits per heavy atom. The van der Waals surface area contributed by atoms with Crippen LogP contribution in [0.5, 0.6) is 0 Å². The molecule has 3 aromatic carbocycles. The van der Waals surface area contributed by atoms with Crippen LogP contribution < -0.4 is 5.32 Å². The van der Waals surface area contributed by atoms with Gasteiger partial charge in [-0.1, -0.05) is 61.0 Å². The highest BCUT2D eigenvalue weighted by molar-refractivity contribution is 5.94. The number of nitrogens with zero attached hydrogens (tertiary/aromatic N) is 1. The summed E-state index contributed by atoms with van der Waals surface area (Å²) in [4.78, 5) is 25.9. The van der Waals surface area contributed by atoms with Crippen molar-refractivity contribution in [3.8, 4) is 0 Å². The summed E-state index contributed by atoms with van der Waals surface area (Å²) in [7, 11) is 0. The fraction of sp³-hybridized carbons (Fsp3) is 0.419. The van der Waals surface area contributed by atoms with Crippen LogP contribution in [0, 0.1) is 5.92 Å². The van der Waals surface area contributed by atoms with E-state index in [1.165, 1.54) is 41.2 Å². The fourth-order valence-electron chi connectivity index (χ4n) is 6.13. The van der Waals surface area contributed by atoms with Gasteiger partial charge in [0, 0.05) is 30.7 Å². The van der Waals surface area contributed by atoms with Crippen molar-refractivity contribution in [1.82, 2.24) is 10.2 Å². The van der Waals surface area contributed by atoms with E-state index in [1.54, 1.807) is 4.90 Å². The minimum Gasteiger partial charge on any atom is -0.481 e. The lowest BCUT2D eigenvalue weighted by Crippen LogP contribution is -2.40. The van der Waals surface area contributed by atoms with Crippen LogP contribution in [0.25, 0.3) is 10.8 Å². The third kappa shape index (κ3) is 5.31. The molecule has 2 N–H and O–H groups in total. The fourth-order valence-corrected chi connectivity index (χ4v) is 6.13. The van der Waals surface area contributed by atoms with Crippen LogP contribution in [-0.2, 0) is 4.79 Å². The lowest BCUT2D eigenvalue weighted by atomic mass is 9.80. The van der Waals surface area contributed by atoms with E-state index in [0.29, 0.717) is 43.5 Å². The first-order valence-corrected chi connectivity index (χ1v) is 13.4. The summed E-state index contributed by atoms with van der Waals surface area (Å²) in [6, 6.07) is 24.1. The molecule has 1 saturated carbocycles. The minimum atomic E-state index is -0.752. The second kappa shape index (κ2) is 10.8. The topological polar surface area (TPSA) is 69.6 Å². The van der Waals surface area contributed by atoms with Gasteiger partial charge < -0.3 is 15.3 Å². The number of carboxylic acids is 1. The molecule has 3 atom stereocenters. The number of piperidine rings is 1. The largest absolute Gasteiger partial charge is 0.481 e. The van der Waals surface area contributed by atoms with Crippen molar-refractivity contribution in [2.24, 2.45) is 5.92 Å². The molecule has 1 aliphatic carbocycles. The van der Waals surface area contributed by atoms with E-state index in [0.717, 1.165) is 6.42 Å². The summed E-state index contributed by atoms with van der Waals surface area (Å²) in [5.74, 6) is -0.574. The summed E-state index contributed by atoms with van der Waals surface area (Å²) in [5, 5.41) is 15.7. The van der Waals surface area contributed by atoms with Gasteiger partial charge in [0.15, 0.2) is 0 Å². The Bertz CT molecular complexity index is 1210. The first-order chi connectivity index (χ1) is 17.5. The van der Waals surface area contributed by atoms with Gasteiger partial charge in [-0.15, -0.1) is 0 Å². The maximum atomic E-state index is 12.9. The van der Waals surface area contributed by atoms with E-state index in [9.17, 15) is 14.7 Å². The first-order valence-electron chi connectivity index (χ1n) is 13.4. The summed E-state index contributed by atoms with van der Waals surface area (Å²) in [5.41, 5.74) is 3.36. The van der Waals surface area contributed by atoms with Crippen LogP contribution >= 0.6 is 0 Å². The Kier molecular flexibility index (Phi) is 7.38. The number of carboxylic acid groups (broad SMARTS) is 1. The van der Waals surface area contributed by atoms with Gasteiger partial charge in [0.25, 0.3) is 5.91 Å². The van der Waals surface area contributed by atoms with Crippen LogP contribution in [0.4, 0.5) is 0 Å². The highest BCUT2D eigenvalue weighted by atomic mass is 16.4. The van der Waals surface area contributed by atoms with Crippen molar-refractivity contribution in [3.63, 3.8) is 0 Å². The number of aliphatic carboxylic acids is 1. The number of rotatable bonds is 6. The molecular formula is C31H36N2O3. The van der Waals surface area contributed by atoms with Crippen molar-refractivity contribution < 1.29 is 14.7 Å². The molecule has 5 heteroatoms. The maximum Gasteiger partial charge on any atom is 0.306 e. The molecule has 5 nitrogen and oxygen atoms in total. The number of nitrogens with one attached hydrogen (secondary N) is 1. The van der Waals surface area contributed by atoms with Gasteiger partial charge in [-0.2, -0.15) is 0 Å². The molecule has 1 aliphatic heterocycles. The Morgan fingerprint density at radius 2 is 1.64 bits per heavy atom. The molecule has 36 heavy (non-hydrogen) atoms. The molecule has 2 unspecified atom stereocenters. The molecule has 1 amide bonds. The lowest BCUT2D eigenvalue weighted by molar-refractivity contribution is -0.143. The number of hydrogen-bond acceptors (Lipinski definition) is 3. The Labute approximate surface area is 213 Å². The molecule has 1 heterocycles. The number of likely N-dealkylation sites (tertiary alicyclic amines) is 1. The zero-order valence-corrected chi connectivity index (χ0v) is 21.0. The minimum absolute atomic E-state index is 0.0116. The van der Waals surface area contributed by atoms with Crippen LogP contribution in [0.3, 0.4) is 0 Å². The zero-order valence-electron chi connectivity index (χ0n) is 21.0. The van der Waals surface area contributed by atoms with Crippen molar-refractivity contribution in [3.05, 3.63) is 83.4 Å². The predicted molar refractivity (Wildman–Crippen MR) is 143 cm³/mol. The number of carbonyl (C=O) groups excluding carboxylic acids is 1. The van der Waals surface area contributed by atoms with Gasteiger partial charge in [-0.05, 0) is 79.0 Å². The number of hydrogen-bond donors (Lipinski definition) is 2. The number of carbonyl (C=O) groups is 2. The Morgan fingerprint density at radius 1 is 0.917 bits per heavy atom. The van der Waals surface area contributed by atoms with E-state index >= 15 is 0 Å². The Balaban J connectivity index is 1.20. The van der Waals surface area contributed by atoms with Crippen molar-refractivity contribution in [2.45, 2.75) is 63.5 Å². The molecule has 5 rings (SSSR count). The van der Waals surface area contributed by atoms with Crippen LogP contribution in [-0.4, -0.2) is 41.0 Å². The van der Waals surface area contributed by atoms with E-state index in [4.69, 9.17) is 0 Å². The van der Waals surface area contributed by atoms with E-state index in [1.807, 2.05) is 12.1 Å². The average molecular weight is 485 g/mol. The number of fused-ring (bicyclic) bond motifs is 1. The second-order valence-electron chi connectivity index (χ2n) is 10.5. The normalized spacial score (nSPS) is 21.9. The summed E-state index contributed by atoms with van der Waals surface area (Å²) >= 11 is 0. The third-order valence-electron chi connectivity index (χ3n) is 8.21. The first kappa shape index (κ1) is 24.5. The number of amides is 1. The highest BCUT2D eigenvalue weighted by Gasteiger charge is 2.28. The Hall–Kier alpha value is -3.18. The summed E-state index contributed by atoms with van der Waals surface area (Å²) in [6.07, 6.45) is 5.74. The molecular weight excluding hydrogens is 448 g/mol. The molecule has 0 aromatic heterocycles. The van der Waals surface area contributed by atoms with Gasteiger partial charge >= 0.3 is 5.97 Å². The van der Waals surface area contributed by atoms with Gasteiger partial charge in [-0.3, -0.25) is 9.59 Å². The SMILES string of the molecule is C[C@@H](NC1CCCC(c2ccc(C(=O)N3CCC(C(=O)O)CC3)cc2)C1)c1cccc2ccccc12.